The summed E-state index contributed by atoms with van der Waals surface area (Å²) in [6, 6.07) is 35.2. The molecule has 1 heterocycles. The van der Waals surface area contributed by atoms with E-state index in [2.05, 4.69) is 6.07 Å². The fourth-order valence-electron chi connectivity index (χ4n) is 5.90. The van der Waals surface area contributed by atoms with Crippen LogP contribution in [0.5, 0.6) is 5.75 Å². The van der Waals surface area contributed by atoms with Gasteiger partial charge in [0, 0.05) is 42.6 Å². The van der Waals surface area contributed by atoms with Gasteiger partial charge in [0.15, 0.2) is 0 Å². The van der Waals surface area contributed by atoms with Crippen LogP contribution in [0.3, 0.4) is 0 Å². The molecule has 1 fully saturated rings. The van der Waals surface area contributed by atoms with E-state index in [0.29, 0.717) is 43.6 Å². The Kier molecular flexibility index (Phi) is 8.63. The van der Waals surface area contributed by atoms with Gasteiger partial charge in [-0.15, -0.1) is 0 Å². The second kappa shape index (κ2) is 12.9. The minimum absolute atomic E-state index is 0.0566. The molecule has 2 amide bonds. The highest BCUT2D eigenvalue weighted by molar-refractivity contribution is 6.15. The van der Waals surface area contributed by atoms with Crippen LogP contribution >= 0.6 is 0 Å². The number of carbonyl (C=O) groups is 2. The number of hydrogen-bond donors (Lipinski definition) is 0. The van der Waals surface area contributed by atoms with Gasteiger partial charge in [0.25, 0.3) is 5.91 Å². The lowest BCUT2D eigenvalue weighted by Crippen LogP contribution is -2.44. The van der Waals surface area contributed by atoms with Crippen molar-refractivity contribution in [1.82, 2.24) is 4.90 Å². The number of piperidine rings is 1. The second-order valence-corrected chi connectivity index (χ2v) is 12.7. The number of benzene rings is 5. The highest BCUT2D eigenvalue weighted by atomic mass is 16.6. The Hall–Kier alpha value is -5.35. The summed E-state index contributed by atoms with van der Waals surface area (Å²) in [5, 5.41) is 13.1. The Bertz CT molecular complexity index is 1930. The predicted molar refractivity (Wildman–Crippen MR) is 181 cm³/mol. The van der Waals surface area contributed by atoms with E-state index in [0.717, 1.165) is 38.5 Å². The minimum Gasteiger partial charge on any atom is -0.490 e. The Balaban J connectivity index is 1.26. The van der Waals surface area contributed by atoms with Gasteiger partial charge >= 0.3 is 6.09 Å². The van der Waals surface area contributed by atoms with E-state index in [1.54, 1.807) is 9.80 Å². The van der Waals surface area contributed by atoms with Gasteiger partial charge in [-0.25, -0.2) is 4.79 Å². The molecule has 46 heavy (non-hydrogen) atoms. The highest BCUT2D eigenvalue weighted by Gasteiger charge is 2.28. The van der Waals surface area contributed by atoms with Crippen molar-refractivity contribution in [3.8, 4) is 11.8 Å². The van der Waals surface area contributed by atoms with Gasteiger partial charge in [-0.2, -0.15) is 5.26 Å². The molecule has 5 aromatic carbocycles. The number of nitriles is 1. The standard InChI is InChI=1S/C39H37N3O4/c1-39(2,3)46-38(44)41-21-19-32(20-22-41)45-36-18-17-35(33-11-7-8-12-34(33)36)37(43)42(31-9-5-4-6-10-31)26-28-14-16-29-15-13-27(25-40)23-30(29)24-28/h4-18,23-24,32H,19-22,26H2,1-3H3. The van der Waals surface area contributed by atoms with E-state index in [1.807, 2.05) is 124 Å². The smallest absolute Gasteiger partial charge is 0.410 e. The van der Waals surface area contributed by atoms with E-state index in [9.17, 15) is 14.9 Å². The minimum atomic E-state index is -0.532. The van der Waals surface area contributed by atoms with Crippen LogP contribution in [0.25, 0.3) is 21.5 Å². The summed E-state index contributed by atoms with van der Waals surface area (Å²) in [6.45, 7) is 7.09. The number of hydrogen-bond acceptors (Lipinski definition) is 5. The van der Waals surface area contributed by atoms with Crippen LogP contribution in [-0.2, 0) is 11.3 Å². The summed E-state index contributed by atoms with van der Waals surface area (Å²) >= 11 is 0. The normalized spacial score (nSPS) is 13.7. The second-order valence-electron chi connectivity index (χ2n) is 12.7. The van der Waals surface area contributed by atoms with E-state index in [1.165, 1.54) is 0 Å². The van der Waals surface area contributed by atoms with Gasteiger partial charge in [-0.05, 0) is 85.0 Å². The average Bonchev–Trinajstić information content (AvgIpc) is 3.06. The number of anilines is 1. The predicted octanol–water partition coefficient (Wildman–Crippen LogP) is 8.49. The topological polar surface area (TPSA) is 82.9 Å². The largest absolute Gasteiger partial charge is 0.490 e. The van der Waals surface area contributed by atoms with Crippen molar-refractivity contribution in [1.29, 1.82) is 5.26 Å². The van der Waals surface area contributed by atoms with Crippen molar-refractivity contribution < 1.29 is 19.1 Å². The Labute approximate surface area is 269 Å². The summed E-state index contributed by atoms with van der Waals surface area (Å²) in [5.74, 6) is 0.599. The van der Waals surface area contributed by atoms with Crippen molar-refractivity contribution >= 4 is 39.2 Å². The van der Waals surface area contributed by atoms with Crippen LogP contribution in [0.15, 0.2) is 103 Å². The number of fused-ring (bicyclic) bond motifs is 2. The summed E-state index contributed by atoms with van der Waals surface area (Å²) in [5.41, 5.74) is 2.40. The Morgan fingerprint density at radius 1 is 0.848 bits per heavy atom. The van der Waals surface area contributed by atoms with E-state index in [4.69, 9.17) is 9.47 Å². The molecule has 7 heteroatoms. The zero-order valence-electron chi connectivity index (χ0n) is 26.4. The molecule has 0 aliphatic carbocycles. The molecule has 0 bridgehead atoms. The monoisotopic (exact) mass is 611 g/mol. The lowest BCUT2D eigenvalue weighted by molar-refractivity contribution is 0.0127. The lowest BCUT2D eigenvalue weighted by Gasteiger charge is -2.33. The molecule has 232 valence electrons. The molecule has 6 rings (SSSR count). The van der Waals surface area contributed by atoms with Crippen molar-refractivity contribution in [2.24, 2.45) is 0 Å². The number of amides is 2. The molecule has 7 nitrogen and oxygen atoms in total. The van der Waals surface area contributed by atoms with Gasteiger partial charge in [-0.3, -0.25) is 4.79 Å². The molecule has 0 N–H and O–H groups in total. The maximum atomic E-state index is 14.4. The summed E-state index contributed by atoms with van der Waals surface area (Å²) in [7, 11) is 0. The van der Waals surface area contributed by atoms with Crippen LogP contribution < -0.4 is 9.64 Å². The van der Waals surface area contributed by atoms with Crippen molar-refractivity contribution in [3.63, 3.8) is 0 Å². The molecule has 0 unspecified atom stereocenters. The Morgan fingerprint density at radius 3 is 2.26 bits per heavy atom. The molecular weight excluding hydrogens is 574 g/mol. The van der Waals surface area contributed by atoms with Gasteiger partial charge in [0.05, 0.1) is 18.2 Å². The number of ether oxygens (including phenoxy) is 2. The molecule has 1 aliphatic rings. The SMILES string of the molecule is CC(C)(C)OC(=O)N1CCC(Oc2ccc(C(=O)N(Cc3ccc4ccc(C#N)cc4c3)c3ccccc3)c3ccccc23)CC1. The lowest BCUT2D eigenvalue weighted by atomic mass is 10.0. The zero-order chi connectivity index (χ0) is 32.3. The van der Waals surface area contributed by atoms with E-state index in [-0.39, 0.29) is 18.1 Å². The van der Waals surface area contributed by atoms with Crippen LogP contribution in [0, 0.1) is 11.3 Å². The molecule has 0 aromatic heterocycles. The van der Waals surface area contributed by atoms with Gasteiger partial charge < -0.3 is 19.3 Å². The van der Waals surface area contributed by atoms with E-state index < -0.39 is 5.60 Å². The maximum absolute atomic E-state index is 14.4. The number of rotatable bonds is 6. The molecule has 5 aromatic rings. The molecular formula is C39H37N3O4. The first kappa shape index (κ1) is 30.7. The average molecular weight is 612 g/mol. The summed E-state index contributed by atoms with van der Waals surface area (Å²) in [4.78, 5) is 30.5. The Morgan fingerprint density at radius 2 is 1.54 bits per heavy atom. The van der Waals surface area contributed by atoms with Crippen LogP contribution in [0.1, 0.15) is 55.1 Å². The van der Waals surface area contributed by atoms with Gasteiger partial charge in [0.2, 0.25) is 0 Å². The fraction of sp³-hybridized carbons (Fsp3) is 0.256. The number of nitrogens with zero attached hydrogens (tertiary/aromatic N) is 3. The maximum Gasteiger partial charge on any atom is 0.410 e. The van der Waals surface area contributed by atoms with E-state index >= 15 is 0 Å². The third-order valence-corrected chi connectivity index (χ3v) is 8.19. The third kappa shape index (κ3) is 6.82. The molecule has 0 saturated carbocycles. The molecule has 1 saturated heterocycles. The first-order valence-corrected chi connectivity index (χ1v) is 15.6. The van der Waals surface area contributed by atoms with Gasteiger partial charge in [-0.1, -0.05) is 60.7 Å². The number of para-hydroxylation sites is 1. The number of carbonyl (C=O) groups excluding carboxylic acids is 2. The molecule has 0 radical (unpaired) electrons. The first-order valence-electron chi connectivity index (χ1n) is 15.6. The molecule has 0 atom stereocenters. The first-order chi connectivity index (χ1) is 22.2. The summed E-state index contributed by atoms with van der Waals surface area (Å²) in [6.07, 6.45) is 1.03. The number of likely N-dealkylation sites (tertiary alicyclic amines) is 1. The third-order valence-electron chi connectivity index (χ3n) is 8.19. The van der Waals surface area contributed by atoms with Crippen LogP contribution in [-0.4, -0.2) is 41.7 Å². The van der Waals surface area contributed by atoms with Crippen LogP contribution in [0.4, 0.5) is 10.5 Å². The van der Waals surface area contributed by atoms with Crippen molar-refractivity contribution in [2.75, 3.05) is 18.0 Å². The molecule has 0 spiro atoms. The molecule has 1 aliphatic heterocycles. The van der Waals surface area contributed by atoms with Gasteiger partial charge in [0.1, 0.15) is 17.5 Å². The van der Waals surface area contributed by atoms with Crippen molar-refractivity contribution in [3.05, 3.63) is 120 Å². The zero-order valence-corrected chi connectivity index (χ0v) is 26.4. The quantitative estimate of drug-likeness (QED) is 0.192. The summed E-state index contributed by atoms with van der Waals surface area (Å²) < 4.78 is 12.0. The van der Waals surface area contributed by atoms with Crippen molar-refractivity contribution in [2.45, 2.75) is 51.9 Å². The fourth-order valence-corrected chi connectivity index (χ4v) is 5.90. The highest BCUT2D eigenvalue weighted by Crippen LogP contribution is 2.33. The van der Waals surface area contributed by atoms with Crippen LogP contribution in [0.2, 0.25) is 0 Å².